The van der Waals surface area contributed by atoms with Crippen molar-refractivity contribution in [1.29, 1.82) is 0 Å². The van der Waals surface area contributed by atoms with Gasteiger partial charge in [0.25, 0.3) is 0 Å². The van der Waals surface area contributed by atoms with Crippen molar-refractivity contribution in [2.24, 2.45) is 0 Å². The fourth-order valence-corrected chi connectivity index (χ4v) is 2.58. The second-order valence-electron chi connectivity index (χ2n) is 4.69. The molecule has 100 valence electrons. The molecule has 3 heteroatoms. The quantitative estimate of drug-likeness (QED) is 0.918. The van der Waals surface area contributed by atoms with Gasteiger partial charge in [-0.15, -0.1) is 0 Å². The summed E-state index contributed by atoms with van der Waals surface area (Å²) >= 11 is 6.26. The van der Waals surface area contributed by atoms with E-state index in [9.17, 15) is 5.11 Å². The number of hydrogen-bond donors (Lipinski definition) is 1. The molecule has 2 aromatic carbocycles. The summed E-state index contributed by atoms with van der Waals surface area (Å²) in [6.07, 6.45) is 0. The summed E-state index contributed by atoms with van der Waals surface area (Å²) in [5.41, 5.74) is 4.26. The van der Waals surface area contributed by atoms with E-state index < -0.39 is 0 Å². The van der Waals surface area contributed by atoms with Crippen LogP contribution in [0.5, 0.6) is 0 Å². The van der Waals surface area contributed by atoms with Crippen LogP contribution in [-0.4, -0.2) is 12.2 Å². The van der Waals surface area contributed by atoms with Crippen LogP contribution >= 0.6 is 11.6 Å². The molecule has 0 aromatic heterocycles. The molecule has 2 nitrogen and oxygen atoms in total. The van der Waals surface area contributed by atoms with Gasteiger partial charge in [0.15, 0.2) is 0 Å². The molecule has 0 spiro atoms. The van der Waals surface area contributed by atoms with Gasteiger partial charge >= 0.3 is 0 Å². The summed E-state index contributed by atoms with van der Waals surface area (Å²) in [5.74, 6) is 0. The highest BCUT2D eigenvalue weighted by molar-refractivity contribution is 6.33. The fourth-order valence-electron chi connectivity index (χ4n) is 2.24. The molecular formula is C16H18ClNO. The largest absolute Gasteiger partial charge is 0.392 e. The Kier molecular flexibility index (Phi) is 4.46. The summed E-state index contributed by atoms with van der Waals surface area (Å²) in [7, 11) is 1.99. The van der Waals surface area contributed by atoms with Gasteiger partial charge in [-0.2, -0.15) is 0 Å². The predicted octanol–water partition coefficient (Wildman–Crippen LogP) is 3.78. The maximum Gasteiger partial charge on any atom is 0.0702 e. The number of rotatable bonds is 4. The Bertz CT molecular complexity index is 568. The lowest BCUT2D eigenvalue weighted by Gasteiger charge is -2.24. The molecule has 0 atom stereocenters. The normalized spacial score (nSPS) is 10.5. The van der Waals surface area contributed by atoms with Crippen molar-refractivity contribution < 1.29 is 5.11 Å². The standard InChI is InChI=1S/C16H18ClNO/c1-12-6-3-4-7-13(12)10-18(2)16-14(11-19)8-5-9-15(16)17/h3-9,19H,10-11H2,1-2H3. The molecule has 0 fully saturated rings. The van der Waals surface area contributed by atoms with Crippen molar-refractivity contribution in [3.8, 4) is 0 Å². The van der Waals surface area contributed by atoms with E-state index in [1.54, 1.807) is 0 Å². The van der Waals surface area contributed by atoms with Gasteiger partial charge in [-0.3, -0.25) is 0 Å². The van der Waals surface area contributed by atoms with Crippen LogP contribution in [-0.2, 0) is 13.2 Å². The molecule has 2 rings (SSSR count). The van der Waals surface area contributed by atoms with Crippen LogP contribution in [0.1, 0.15) is 16.7 Å². The Labute approximate surface area is 119 Å². The van der Waals surface area contributed by atoms with Crippen molar-refractivity contribution in [2.45, 2.75) is 20.1 Å². The Morgan fingerprint density at radius 3 is 2.42 bits per heavy atom. The maximum absolute atomic E-state index is 9.43. The van der Waals surface area contributed by atoms with Crippen LogP contribution in [0, 0.1) is 6.92 Å². The monoisotopic (exact) mass is 275 g/mol. The highest BCUT2D eigenvalue weighted by Gasteiger charge is 2.12. The number of hydrogen-bond acceptors (Lipinski definition) is 2. The molecule has 0 radical (unpaired) electrons. The van der Waals surface area contributed by atoms with E-state index in [-0.39, 0.29) is 6.61 Å². The Hall–Kier alpha value is -1.51. The third-order valence-corrected chi connectivity index (χ3v) is 3.60. The number of aryl methyl sites for hydroxylation is 1. The van der Waals surface area contributed by atoms with Crippen LogP contribution < -0.4 is 4.90 Å². The molecule has 0 saturated carbocycles. The van der Waals surface area contributed by atoms with Crippen LogP contribution in [0.2, 0.25) is 5.02 Å². The van der Waals surface area contributed by atoms with Gasteiger partial charge < -0.3 is 10.0 Å². The minimum atomic E-state index is -0.00595. The van der Waals surface area contributed by atoms with E-state index in [0.29, 0.717) is 5.02 Å². The second-order valence-corrected chi connectivity index (χ2v) is 5.10. The minimum absolute atomic E-state index is 0.00595. The minimum Gasteiger partial charge on any atom is -0.392 e. The smallest absolute Gasteiger partial charge is 0.0702 e. The van der Waals surface area contributed by atoms with E-state index in [2.05, 4.69) is 24.0 Å². The van der Waals surface area contributed by atoms with Crippen molar-refractivity contribution in [3.05, 3.63) is 64.2 Å². The molecule has 0 aliphatic carbocycles. The number of aliphatic hydroxyl groups excluding tert-OH is 1. The van der Waals surface area contributed by atoms with Gasteiger partial charge in [0.2, 0.25) is 0 Å². The number of anilines is 1. The maximum atomic E-state index is 9.43. The topological polar surface area (TPSA) is 23.5 Å². The SMILES string of the molecule is Cc1ccccc1CN(C)c1c(Cl)cccc1CO. The Morgan fingerprint density at radius 1 is 1.05 bits per heavy atom. The van der Waals surface area contributed by atoms with Crippen molar-refractivity contribution >= 4 is 17.3 Å². The van der Waals surface area contributed by atoms with Gasteiger partial charge in [0.1, 0.15) is 0 Å². The summed E-state index contributed by atoms with van der Waals surface area (Å²) in [4.78, 5) is 2.08. The first-order valence-electron chi connectivity index (χ1n) is 6.27. The van der Waals surface area contributed by atoms with Crippen LogP contribution in [0.15, 0.2) is 42.5 Å². The summed E-state index contributed by atoms with van der Waals surface area (Å²) < 4.78 is 0. The van der Waals surface area contributed by atoms with E-state index >= 15 is 0 Å². The van der Waals surface area contributed by atoms with Gasteiger partial charge in [-0.1, -0.05) is 48.0 Å². The summed E-state index contributed by atoms with van der Waals surface area (Å²) in [5, 5.41) is 10.1. The number of halogens is 1. The van der Waals surface area contributed by atoms with Gasteiger partial charge in [-0.25, -0.2) is 0 Å². The van der Waals surface area contributed by atoms with E-state index in [1.165, 1.54) is 11.1 Å². The van der Waals surface area contributed by atoms with Gasteiger partial charge in [-0.05, 0) is 24.1 Å². The lowest BCUT2D eigenvalue weighted by atomic mass is 10.1. The molecule has 0 amide bonds. The van der Waals surface area contributed by atoms with Gasteiger partial charge in [0, 0.05) is 19.2 Å². The van der Waals surface area contributed by atoms with Crippen LogP contribution in [0.25, 0.3) is 0 Å². The first-order chi connectivity index (χ1) is 9.13. The van der Waals surface area contributed by atoms with E-state index in [1.807, 2.05) is 37.4 Å². The number of nitrogens with zero attached hydrogens (tertiary/aromatic N) is 1. The van der Waals surface area contributed by atoms with E-state index in [0.717, 1.165) is 17.8 Å². The molecule has 0 unspecified atom stereocenters. The molecular weight excluding hydrogens is 258 g/mol. The second kappa shape index (κ2) is 6.09. The average molecular weight is 276 g/mol. The molecule has 2 aromatic rings. The molecule has 19 heavy (non-hydrogen) atoms. The van der Waals surface area contributed by atoms with Crippen molar-refractivity contribution in [1.82, 2.24) is 0 Å². The molecule has 0 aliphatic rings. The third-order valence-electron chi connectivity index (χ3n) is 3.29. The first kappa shape index (κ1) is 13.9. The van der Waals surface area contributed by atoms with Crippen LogP contribution in [0.4, 0.5) is 5.69 Å². The van der Waals surface area contributed by atoms with Gasteiger partial charge in [0.05, 0.1) is 17.3 Å². The third kappa shape index (κ3) is 3.09. The fraction of sp³-hybridized carbons (Fsp3) is 0.250. The van der Waals surface area contributed by atoms with E-state index in [4.69, 9.17) is 11.6 Å². The highest BCUT2D eigenvalue weighted by Crippen LogP contribution is 2.30. The van der Waals surface area contributed by atoms with Crippen molar-refractivity contribution in [2.75, 3.05) is 11.9 Å². The number of benzene rings is 2. The average Bonchev–Trinajstić information content (AvgIpc) is 2.40. The number of para-hydroxylation sites is 1. The zero-order valence-corrected chi connectivity index (χ0v) is 12.0. The van der Waals surface area contributed by atoms with Crippen LogP contribution in [0.3, 0.4) is 0 Å². The summed E-state index contributed by atoms with van der Waals surface area (Å²) in [6.45, 7) is 2.86. The molecule has 0 saturated heterocycles. The lowest BCUT2D eigenvalue weighted by Crippen LogP contribution is -2.19. The first-order valence-corrected chi connectivity index (χ1v) is 6.65. The molecule has 0 bridgehead atoms. The highest BCUT2D eigenvalue weighted by atomic mass is 35.5. The molecule has 0 heterocycles. The Morgan fingerprint density at radius 2 is 1.74 bits per heavy atom. The predicted molar refractivity (Wildman–Crippen MR) is 80.7 cm³/mol. The molecule has 1 N–H and O–H groups in total. The Balaban J connectivity index is 2.30. The zero-order chi connectivity index (χ0) is 13.8. The zero-order valence-electron chi connectivity index (χ0n) is 11.2. The number of aliphatic hydroxyl groups is 1. The van der Waals surface area contributed by atoms with Crippen molar-refractivity contribution in [3.63, 3.8) is 0 Å². The summed E-state index contributed by atoms with van der Waals surface area (Å²) in [6, 6.07) is 13.9. The lowest BCUT2D eigenvalue weighted by molar-refractivity contribution is 0.282. The molecule has 0 aliphatic heterocycles.